The zero-order valence-corrected chi connectivity index (χ0v) is 19.2. The monoisotopic (exact) mass is 423 g/mol. The van der Waals surface area contributed by atoms with Gasteiger partial charge in [-0.05, 0) is 54.5 Å². The van der Waals surface area contributed by atoms with Crippen molar-refractivity contribution in [1.29, 1.82) is 0 Å². The third-order valence-electron chi connectivity index (χ3n) is 5.15. The lowest BCUT2D eigenvalue weighted by Gasteiger charge is -2.29. The molecule has 0 amide bonds. The Balaban J connectivity index is 2.19. The Morgan fingerprint density at radius 1 is 1.27 bits per heavy atom. The Labute approximate surface area is 179 Å². The van der Waals surface area contributed by atoms with E-state index in [1.165, 1.54) is 6.92 Å². The largest absolute Gasteiger partial charge is 0.380 e. The summed E-state index contributed by atoms with van der Waals surface area (Å²) in [6.07, 6.45) is 3.77. The Hall–Kier alpha value is -1.97. The maximum Gasteiger partial charge on any atom is 0.166 e. The van der Waals surface area contributed by atoms with Crippen LogP contribution in [0.2, 0.25) is 0 Å². The van der Waals surface area contributed by atoms with E-state index in [4.69, 9.17) is 4.74 Å². The molecule has 1 heterocycles. The minimum atomic E-state index is -0.689. The Morgan fingerprint density at radius 2 is 1.97 bits per heavy atom. The normalized spacial score (nSPS) is 12.9. The average Bonchev–Trinajstić information content (AvgIpc) is 3.12. The molecule has 1 aromatic heterocycles. The van der Waals surface area contributed by atoms with Gasteiger partial charge in [0.25, 0.3) is 0 Å². The van der Waals surface area contributed by atoms with E-state index in [0.29, 0.717) is 39.1 Å². The molecule has 0 spiro atoms. The molecule has 0 fully saturated rings. The van der Waals surface area contributed by atoms with Crippen LogP contribution in [-0.2, 0) is 32.1 Å². The molecule has 9 nitrogen and oxygen atoms in total. The van der Waals surface area contributed by atoms with Gasteiger partial charge >= 0.3 is 0 Å². The molecular formula is C21H37N5O4. The molecule has 1 unspecified atom stereocenters. The highest BCUT2D eigenvalue weighted by molar-refractivity contribution is 5.90. The molecular weight excluding hydrogens is 386 g/mol. The van der Waals surface area contributed by atoms with E-state index in [1.54, 1.807) is 30.5 Å². The number of nitrogens with one attached hydrogen (secondary N) is 1. The van der Waals surface area contributed by atoms with Crippen LogP contribution in [0.25, 0.3) is 0 Å². The summed E-state index contributed by atoms with van der Waals surface area (Å²) in [6.45, 7) is 11.1. The van der Waals surface area contributed by atoms with Crippen molar-refractivity contribution in [2.75, 3.05) is 33.4 Å². The number of carbonyl (C=O) groups is 3. The van der Waals surface area contributed by atoms with Crippen LogP contribution in [0, 0.1) is 0 Å². The first kappa shape index (κ1) is 26.1. The fourth-order valence-electron chi connectivity index (χ4n) is 2.70. The molecule has 0 aliphatic rings. The van der Waals surface area contributed by atoms with Gasteiger partial charge in [0.15, 0.2) is 5.78 Å². The number of carbonyl (C=O) groups excluding carboxylic acids is 3. The lowest BCUT2D eigenvalue weighted by Crippen LogP contribution is -2.52. The van der Waals surface area contributed by atoms with Gasteiger partial charge in [-0.25, -0.2) is 0 Å². The molecule has 0 radical (unpaired) electrons. The van der Waals surface area contributed by atoms with Crippen LogP contribution >= 0.6 is 0 Å². The summed E-state index contributed by atoms with van der Waals surface area (Å²) in [7, 11) is 1.78. The number of aromatic nitrogens is 3. The molecule has 0 aromatic carbocycles. The fourth-order valence-corrected chi connectivity index (χ4v) is 2.70. The van der Waals surface area contributed by atoms with Gasteiger partial charge in [0.2, 0.25) is 0 Å². The number of likely N-dealkylation sites (N-methyl/N-ethyl adjacent to an activating group) is 1. The number of hydrogen-bond donors (Lipinski definition) is 1. The van der Waals surface area contributed by atoms with Crippen molar-refractivity contribution < 1.29 is 19.1 Å². The summed E-state index contributed by atoms with van der Waals surface area (Å²) >= 11 is 0. The highest BCUT2D eigenvalue weighted by Crippen LogP contribution is 2.07. The van der Waals surface area contributed by atoms with Crippen LogP contribution < -0.4 is 5.32 Å². The van der Waals surface area contributed by atoms with Crippen molar-refractivity contribution in [3.8, 4) is 0 Å². The van der Waals surface area contributed by atoms with E-state index in [0.717, 1.165) is 12.1 Å². The van der Waals surface area contributed by atoms with Gasteiger partial charge in [0.1, 0.15) is 11.6 Å². The summed E-state index contributed by atoms with van der Waals surface area (Å²) in [6, 6.07) is -0.275. The average molecular weight is 424 g/mol. The minimum absolute atomic E-state index is 0.0323. The van der Waals surface area contributed by atoms with Crippen LogP contribution in [0.5, 0.6) is 0 Å². The lowest BCUT2D eigenvalue weighted by molar-refractivity contribution is -0.127. The van der Waals surface area contributed by atoms with Crippen LogP contribution in [0.4, 0.5) is 0 Å². The first-order valence-corrected chi connectivity index (χ1v) is 10.5. The Kier molecular flexibility index (Phi) is 11.0. The second kappa shape index (κ2) is 12.7. The van der Waals surface area contributed by atoms with Crippen molar-refractivity contribution in [3.05, 3.63) is 11.9 Å². The topological polar surface area (TPSA) is 106 Å². The third kappa shape index (κ3) is 9.69. The van der Waals surface area contributed by atoms with Crippen molar-refractivity contribution in [2.24, 2.45) is 0 Å². The highest BCUT2D eigenvalue weighted by atomic mass is 16.5. The highest BCUT2D eigenvalue weighted by Gasteiger charge is 2.28. The smallest absolute Gasteiger partial charge is 0.166 e. The summed E-state index contributed by atoms with van der Waals surface area (Å²) in [5, 5.41) is 11.3. The maximum atomic E-state index is 12.5. The van der Waals surface area contributed by atoms with Crippen LogP contribution in [-0.4, -0.2) is 82.2 Å². The molecule has 30 heavy (non-hydrogen) atoms. The number of ether oxygens (including phenoxy) is 1. The van der Waals surface area contributed by atoms with Crippen molar-refractivity contribution >= 4 is 17.3 Å². The van der Waals surface area contributed by atoms with Gasteiger partial charge in [-0.15, -0.1) is 5.10 Å². The van der Waals surface area contributed by atoms with Gasteiger partial charge < -0.3 is 14.8 Å². The summed E-state index contributed by atoms with van der Waals surface area (Å²) < 4.78 is 7.39. The molecule has 1 rings (SSSR count). The number of hydrogen-bond acceptors (Lipinski definition) is 8. The SMILES string of the molecule is CC(=O)CCc1cn(CCCOCCNC(C)(C)C(=O)CN(C)C(C)C(C)=O)nn1. The molecule has 9 heteroatoms. The van der Waals surface area contributed by atoms with Gasteiger partial charge in [0, 0.05) is 32.3 Å². The predicted molar refractivity (Wildman–Crippen MR) is 114 cm³/mol. The van der Waals surface area contributed by atoms with Crippen molar-refractivity contribution in [3.63, 3.8) is 0 Å². The third-order valence-corrected chi connectivity index (χ3v) is 5.15. The van der Waals surface area contributed by atoms with Crippen LogP contribution in [0.15, 0.2) is 6.20 Å². The van der Waals surface area contributed by atoms with Gasteiger partial charge in [-0.2, -0.15) is 0 Å². The first-order chi connectivity index (χ1) is 14.0. The Morgan fingerprint density at radius 3 is 2.60 bits per heavy atom. The van der Waals surface area contributed by atoms with Crippen molar-refractivity contribution in [1.82, 2.24) is 25.2 Å². The van der Waals surface area contributed by atoms with E-state index >= 15 is 0 Å². The number of nitrogens with zero attached hydrogens (tertiary/aromatic N) is 4. The minimum Gasteiger partial charge on any atom is -0.380 e. The summed E-state index contributed by atoms with van der Waals surface area (Å²) in [5.41, 5.74) is 0.135. The molecule has 1 aromatic rings. The van der Waals surface area contributed by atoms with E-state index in [2.05, 4.69) is 15.6 Å². The van der Waals surface area contributed by atoms with Crippen LogP contribution in [0.3, 0.4) is 0 Å². The van der Waals surface area contributed by atoms with Gasteiger partial charge in [-0.1, -0.05) is 5.21 Å². The number of Topliss-reactive ketones (excluding diaryl/α,β-unsaturated/α-hetero) is 3. The maximum absolute atomic E-state index is 12.5. The molecule has 1 N–H and O–H groups in total. The lowest BCUT2D eigenvalue weighted by atomic mass is 9.98. The van der Waals surface area contributed by atoms with Gasteiger partial charge in [-0.3, -0.25) is 19.2 Å². The zero-order valence-electron chi connectivity index (χ0n) is 19.2. The molecule has 1 atom stereocenters. The van der Waals surface area contributed by atoms with Gasteiger partial charge in [0.05, 0.1) is 30.4 Å². The standard InChI is InChI=1S/C21H37N5O4/c1-16(27)8-9-19-14-26(24-23-19)11-7-12-30-13-10-22-21(4,5)20(29)15-25(6)17(2)18(3)28/h14,17,22H,7-13,15H2,1-6H3. The van der Waals surface area contributed by atoms with Crippen LogP contribution in [0.1, 0.15) is 53.2 Å². The summed E-state index contributed by atoms with van der Waals surface area (Å²) in [4.78, 5) is 36.7. The fraction of sp³-hybridized carbons (Fsp3) is 0.762. The number of ketones is 3. The van der Waals surface area contributed by atoms with E-state index in [-0.39, 0.29) is 29.9 Å². The predicted octanol–water partition coefficient (Wildman–Crippen LogP) is 1.05. The molecule has 0 aliphatic carbocycles. The Bertz CT molecular complexity index is 701. The molecule has 0 saturated heterocycles. The second-order valence-electron chi connectivity index (χ2n) is 8.32. The van der Waals surface area contributed by atoms with E-state index < -0.39 is 5.54 Å². The second-order valence-corrected chi connectivity index (χ2v) is 8.32. The number of rotatable bonds is 16. The molecule has 0 aliphatic heterocycles. The summed E-state index contributed by atoms with van der Waals surface area (Å²) in [5.74, 6) is 0.224. The van der Waals surface area contributed by atoms with Crippen molar-refractivity contribution in [2.45, 2.75) is 72.0 Å². The quantitative estimate of drug-likeness (QED) is 0.393. The van der Waals surface area contributed by atoms with E-state index in [9.17, 15) is 14.4 Å². The molecule has 0 bridgehead atoms. The van der Waals surface area contributed by atoms with E-state index in [1.807, 2.05) is 20.0 Å². The molecule has 0 saturated carbocycles. The number of aryl methyl sites for hydroxylation is 2. The molecule has 170 valence electrons. The first-order valence-electron chi connectivity index (χ1n) is 10.5. The zero-order chi connectivity index (χ0) is 22.7.